The molecular weight excluding hydrogens is 446 g/mol. The highest BCUT2D eigenvalue weighted by molar-refractivity contribution is 7.89. The Balaban J connectivity index is 1.86. The molecule has 9 nitrogen and oxygen atoms in total. The van der Waals surface area contributed by atoms with Crippen molar-refractivity contribution in [3.8, 4) is 5.75 Å². The minimum Gasteiger partial charge on any atom is -0.484 e. The smallest absolute Gasteiger partial charge is 0.261 e. The van der Waals surface area contributed by atoms with Crippen LogP contribution in [0.25, 0.3) is 0 Å². The molecule has 3 amide bonds. The quantitative estimate of drug-likeness (QED) is 0.585. The van der Waals surface area contributed by atoms with Crippen LogP contribution in [-0.2, 0) is 24.4 Å². The fraction of sp³-hybridized carbons (Fsp3) is 0.348. The average Bonchev–Trinajstić information content (AvgIpc) is 3.05. The van der Waals surface area contributed by atoms with Gasteiger partial charge in [-0.3, -0.25) is 14.4 Å². The second-order valence-corrected chi connectivity index (χ2v) is 9.92. The van der Waals surface area contributed by atoms with Gasteiger partial charge in [0.25, 0.3) is 11.8 Å². The van der Waals surface area contributed by atoms with E-state index in [0.29, 0.717) is 12.2 Å². The lowest BCUT2D eigenvalue weighted by molar-refractivity contribution is -0.146. The van der Waals surface area contributed by atoms with Crippen molar-refractivity contribution in [3.05, 3.63) is 54.6 Å². The molecule has 1 heterocycles. The molecule has 0 aliphatic carbocycles. The lowest BCUT2D eigenvalue weighted by atomic mass is 9.96. The number of benzene rings is 2. The number of ether oxygens (including phenoxy) is 1. The molecule has 10 heteroatoms. The minimum absolute atomic E-state index is 0.135. The van der Waals surface area contributed by atoms with Crippen LogP contribution in [0.4, 0.5) is 5.69 Å². The van der Waals surface area contributed by atoms with Crippen molar-refractivity contribution < 1.29 is 27.5 Å². The number of primary sulfonamides is 1. The number of nitrogens with two attached hydrogens (primary N) is 1. The average molecular weight is 474 g/mol. The molecule has 33 heavy (non-hydrogen) atoms. The molecule has 176 valence electrons. The van der Waals surface area contributed by atoms with Gasteiger partial charge in [-0.05, 0) is 56.7 Å². The first-order valence-electron chi connectivity index (χ1n) is 10.5. The zero-order valence-corrected chi connectivity index (χ0v) is 19.5. The van der Waals surface area contributed by atoms with E-state index >= 15 is 0 Å². The van der Waals surface area contributed by atoms with Crippen LogP contribution in [0.3, 0.4) is 0 Å². The molecule has 0 saturated carbocycles. The number of para-hydroxylation sites is 1. The van der Waals surface area contributed by atoms with Gasteiger partial charge in [0.15, 0.2) is 6.61 Å². The Bertz CT molecular complexity index is 1150. The van der Waals surface area contributed by atoms with Gasteiger partial charge in [0.05, 0.1) is 17.0 Å². The summed E-state index contributed by atoms with van der Waals surface area (Å²) in [7, 11) is -3.91. The summed E-state index contributed by atoms with van der Waals surface area (Å²) < 4.78 is 28.6. The van der Waals surface area contributed by atoms with Crippen molar-refractivity contribution in [2.75, 3.05) is 11.5 Å². The summed E-state index contributed by atoms with van der Waals surface area (Å²) >= 11 is 0. The summed E-state index contributed by atoms with van der Waals surface area (Å²) in [6, 6.07) is 13.0. The third kappa shape index (κ3) is 5.23. The molecule has 1 atom stereocenters. The monoisotopic (exact) mass is 473 g/mol. The number of rotatable bonds is 8. The molecule has 0 radical (unpaired) electrons. The van der Waals surface area contributed by atoms with Crippen molar-refractivity contribution in [3.63, 3.8) is 0 Å². The van der Waals surface area contributed by atoms with E-state index in [0.717, 1.165) is 4.90 Å². The molecule has 1 saturated heterocycles. The Morgan fingerprint density at radius 2 is 1.73 bits per heavy atom. The zero-order valence-electron chi connectivity index (χ0n) is 18.7. The summed E-state index contributed by atoms with van der Waals surface area (Å²) in [6.45, 7) is 5.27. The van der Waals surface area contributed by atoms with Gasteiger partial charge in [-0.15, -0.1) is 0 Å². The highest BCUT2D eigenvalue weighted by Crippen LogP contribution is 2.31. The highest BCUT2D eigenvalue weighted by atomic mass is 32.2. The van der Waals surface area contributed by atoms with Gasteiger partial charge in [-0.25, -0.2) is 18.5 Å². The van der Waals surface area contributed by atoms with Crippen molar-refractivity contribution in [2.45, 2.75) is 50.1 Å². The summed E-state index contributed by atoms with van der Waals surface area (Å²) in [4.78, 5) is 41.6. The number of imide groups is 1. The van der Waals surface area contributed by atoms with Crippen LogP contribution in [0, 0.1) is 0 Å². The number of hydrogen-bond donors (Lipinski definition) is 1. The van der Waals surface area contributed by atoms with Gasteiger partial charge in [0.1, 0.15) is 11.8 Å². The third-order valence-electron chi connectivity index (χ3n) is 5.75. The number of nitrogens with zero attached hydrogens (tertiary/aromatic N) is 2. The summed E-state index contributed by atoms with van der Waals surface area (Å²) in [5.41, 5.74) is -0.507. The predicted octanol–water partition coefficient (Wildman–Crippen LogP) is 2.06. The van der Waals surface area contributed by atoms with E-state index in [9.17, 15) is 22.8 Å². The Morgan fingerprint density at radius 1 is 1.12 bits per heavy atom. The first-order chi connectivity index (χ1) is 15.5. The number of carbonyl (C=O) groups excluding carboxylic acids is 3. The second kappa shape index (κ2) is 9.32. The molecule has 0 aromatic heterocycles. The Hall–Kier alpha value is -3.24. The number of carbonyl (C=O) groups is 3. The van der Waals surface area contributed by atoms with Gasteiger partial charge in [-0.2, -0.15) is 0 Å². The van der Waals surface area contributed by atoms with Gasteiger partial charge in [0, 0.05) is 5.54 Å². The van der Waals surface area contributed by atoms with Crippen molar-refractivity contribution in [2.24, 2.45) is 5.14 Å². The molecule has 1 fully saturated rings. The number of amides is 3. The Morgan fingerprint density at radius 3 is 2.27 bits per heavy atom. The first kappa shape index (κ1) is 24.4. The van der Waals surface area contributed by atoms with Crippen molar-refractivity contribution in [1.29, 1.82) is 0 Å². The normalized spacial score (nSPS) is 16.7. The molecule has 0 bridgehead atoms. The van der Waals surface area contributed by atoms with Gasteiger partial charge < -0.3 is 9.64 Å². The lowest BCUT2D eigenvalue weighted by Crippen LogP contribution is -2.56. The second-order valence-electron chi connectivity index (χ2n) is 8.36. The predicted molar refractivity (Wildman–Crippen MR) is 122 cm³/mol. The zero-order chi connectivity index (χ0) is 24.4. The molecule has 3 rings (SSSR count). The van der Waals surface area contributed by atoms with E-state index < -0.39 is 39.3 Å². The van der Waals surface area contributed by atoms with E-state index in [4.69, 9.17) is 9.88 Å². The Labute approximate surface area is 193 Å². The summed E-state index contributed by atoms with van der Waals surface area (Å²) in [5, 5.41) is 5.11. The van der Waals surface area contributed by atoms with E-state index in [1.165, 1.54) is 29.2 Å². The topological polar surface area (TPSA) is 127 Å². The fourth-order valence-electron chi connectivity index (χ4n) is 3.71. The molecule has 2 N–H and O–H groups in total. The maximum atomic E-state index is 13.3. The number of hydrogen-bond acceptors (Lipinski definition) is 6. The SMILES string of the molecule is CCC(C)(C)N(C(=O)COc1ccccc1)C1CC(=O)N(c2ccc(S(N)(=O)=O)cc2)C1=O. The molecule has 0 spiro atoms. The van der Waals surface area contributed by atoms with Crippen LogP contribution in [0.15, 0.2) is 59.5 Å². The summed E-state index contributed by atoms with van der Waals surface area (Å²) in [5.74, 6) is -0.936. The van der Waals surface area contributed by atoms with Crippen LogP contribution >= 0.6 is 0 Å². The first-order valence-corrected chi connectivity index (χ1v) is 12.0. The molecule has 1 aliphatic heterocycles. The Kier molecular flexibility index (Phi) is 6.89. The van der Waals surface area contributed by atoms with Gasteiger partial charge in [-0.1, -0.05) is 25.1 Å². The largest absolute Gasteiger partial charge is 0.484 e. The van der Waals surface area contributed by atoms with E-state index in [1.807, 2.05) is 26.8 Å². The van der Waals surface area contributed by atoms with Crippen LogP contribution in [0.5, 0.6) is 5.75 Å². The van der Waals surface area contributed by atoms with Crippen LogP contribution in [0.2, 0.25) is 0 Å². The van der Waals surface area contributed by atoms with Crippen molar-refractivity contribution in [1.82, 2.24) is 4.90 Å². The van der Waals surface area contributed by atoms with Crippen LogP contribution < -0.4 is 14.8 Å². The number of sulfonamides is 1. The maximum Gasteiger partial charge on any atom is 0.261 e. The minimum atomic E-state index is -3.91. The van der Waals surface area contributed by atoms with Crippen LogP contribution in [-0.4, -0.2) is 49.2 Å². The number of anilines is 1. The maximum absolute atomic E-state index is 13.3. The molecule has 2 aromatic rings. The molecule has 2 aromatic carbocycles. The van der Waals surface area contributed by atoms with E-state index in [1.54, 1.807) is 24.3 Å². The van der Waals surface area contributed by atoms with Gasteiger partial charge >= 0.3 is 0 Å². The molecule has 1 unspecified atom stereocenters. The third-order valence-corrected chi connectivity index (χ3v) is 6.68. The fourth-order valence-corrected chi connectivity index (χ4v) is 4.22. The van der Waals surface area contributed by atoms with Crippen LogP contribution in [0.1, 0.15) is 33.6 Å². The highest BCUT2D eigenvalue weighted by Gasteiger charge is 2.48. The van der Waals surface area contributed by atoms with E-state index in [2.05, 4.69) is 0 Å². The van der Waals surface area contributed by atoms with Crippen molar-refractivity contribution >= 4 is 33.4 Å². The molecule has 1 aliphatic rings. The van der Waals surface area contributed by atoms with E-state index in [-0.39, 0.29) is 23.6 Å². The van der Waals surface area contributed by atoms with Gasteiger partial charge in [0.2, 0.25) is 15.9 Å². The lowest BCUT2D eigenvalue weighted by Gasteiger charge is -2.41. The summed E-state index contributed by atoms with van der Waals surface area (Å²) in [6.07, 6.45) is 0.362. The molecular formula is C23H27N3O6S. The standard InChI is InChI=1S/C23H27N3O6S/c1-4-23(2,3)26(21(28)15-32-17-8-6-5-7-9-17)19-14-20(27)25(22(19)29)16-10-12-18(13-11-16)33(24,30)31/h5-13,19H,4,14-15H2,1-3H3,(H2,24,30,31).